The molecular weight excluding hydrogens is 328 g/mol. The van der Waals surface area contributed by atoms with E-state index in [2.05, 4.69) is 25.0 Å². The Morgan fingerprint density at radius 1 is 1.29 bits per heavy atom. The van der Waals surface area contributed by atoms with Crippen molar-refractivity contribution in [3.63, 3.8) is 0 Å². The monoisotopic (exact) mass is 360 g/mol. The average molecular weight is 361 g/mol. The Balaban J connectivity index is 2.43. The first-order valence-corrected chi connectivity index (χ1v) is 12.1. The van der Waals surface area contributed by atoms with Gasteiger partial charge in [-0.05, 0) is 20.8 Å². The van der Waals surface area contributed by atoms with E-state index in [1.165, 1.54) is 0 Å². The Kier molecular flexibility index (Phi) is 7.69. The third-order valence-electron chi connectivity index (χ3n) is 3.23. The second-order valence-corrected chi connectivity index (χ2v) is 13.6. The zero-order chi connectivity index (χ0) is 18.4. The molecule has 0 saturated carbocycles. The van der Waals surface area contributed by atoms with Gasteiger partial charge < -0.3 is 19.5 Å². The van der Waals surface area contributed by atoms with Crippen molar-refractivity contribution in [2.75, 3.05) is 39.1 Å². The van der Waals surface area contributed by atoms with Gasteiger partial charge in [0.25, 0.3) is 0 Å². The van der Waals surface area contributed by atoms with Gasteiger partial charge >= 0.3 is 12.1 Å². The Morgan fingerprint density at radius 3 is 2.54 bits per heavy atom. The van der Waals surface area contributed by atoms with E-state index in [-0.39, 0.29) is 5.97 Å². The second-order valence-electron chi connectivity index (χ2n) is 8.22. The van der Waals surface area contributed by atoms with Crippen LogP contribution in [0.1, 0.15) is 20.8 Å². The fraction of sp³-hybridized carbons (Fsp3) is 0.875. The molecule has 8 heteroatoms. The van der Waals surface area contributed by atoms with Gasteiger partial charge in [0.15, 0.2) is 0 Å². The maximum atomic E-state index is 12.3. The van der Waals surface area contributed by atoms with Gasteiger partial charge in [-0.3, -0.25) is 9.69 Å². The Labute approximate surface area is 146 Å². The number of carbonyl (C=O) groups is 2. The highest BCUT2D eigenvalue weighted by Gasteiger charge is 2.31. The van der Waals surface area contributed by atoms with Crippen molar-refractivity contribution in [1.82, 2.24) is 10.2 Å². The van der Waals surface area contributed by atoms with Crippen molar-refractivity contribution in [2.24, 2.45) is 0 Å². The summed E-state index contributed by atoms with van der Waals surface area (Å²) >= 11 is 0. The molecule has 0 aliphatic carbocycles. The van der Waals surface area contributed by atoms with Crippen LogP contribution in [0.25, 0.3) is 0 Å². The summed E-state index contributed by atoms with van der Waals surface area (Å²) in [4.78, 5) is 26.0. The fourth-order valence-electron chi connectivity index (χ4n) is 2.12. The molecule has 0 aromatic rings. The second kappa shape index (κ2) is 8.82. The highest BCUT2D eigenvalue weighted by molar-refractivity contribution is 6.76. The zero-order valence-corrected chi connectivity index (χ0v) is 16.8. The van der Waals surface area contributed by atoms with Gasteiger partial charge in [-0.2, -0.15) is 0 Å². The molecule has 1 heterocycles. The van der Waals surface area contributed by atoms with Gasteiger partial charge in [0.1, 0.15) is 11.6 Å². The molecule has 0 aromatic heterocycles. The number of hydrogen-bond acceptors (Lipinski definition) is 6. The first-order valence-electron chi connectivity index (χ1n) is 8.43. The number of ether oxygens (including phenoxy) is 3. The smallest absolute Gasteiger partial charge is 0.407 e. The van der Waals surface area contributed by atoms with Crippen LogP contribution in [-0.2, 0) is 19.0 Å². The molecule has 1 aliphatic heterocycles. The van der Waals surface area contributed by atoms with Crippen molar-refractivity contribution >= 4 is 20.1 Å². The number of hydrogen-bond donors (Lipinski definition) is 1. The Morgan fingerprint density at radius 2 is 1.96 bits per heavy atom. The summed E-state index contributed by atoms with van der Waals surface area (Å²) in [5, 5.41) is 2.71. The number of nitrogens with zero attached hydrogens (tertiary/aromatic N) is 1. The summed E-state index contributed by atoms with van der Waals surface area (Å²) in [5.74, 6) is -0.241. The highest BCUT2D eigenvalue weighted by Crippen LogP contribution is 2.10. The third kappa shape index (κ3) is 8.65. The molecule has 24 heavy (non-hydrogen) atoms. The minimum Gasteiger partial charge on any atom is -0.468 e. The van der Waals surface area contributed by atoms with E-state index in [0.29, 0.717) is 39.1 Å². The molecular formula is C16H32N2O5Si. The van der Waals surface area contributed by atoms with Crippen LogP contribution in [0.5, 0.6) is 0 Å². The van der Waals surface area contributed by atoms with Gasteiger partial charge in [0, 0.05) is 19.6 Å². The number of carbonyl (C=O) groups excluding carboxylic acids is 2. The van der Waals surface area contributed by atoms with E-state index in [1.807, 2.05) is 25.7 Å². The van der Waals surface area contributed by atoms with Crippen molar-refractivity contribution in [3.8, 4) is 0 Å². The number of amides is 1. The molecule has 140 valence electrons. The molecule has 1 fully saturated rings. The normalized spacial score (nSPS) is 19.7. The van der Waals surface area contributed by atoms with Crippen molar-refractivity contribution < 1.29 is 23.8 Å². The van der Waals surface area contributed by atoms with E-state index in [9.17, 15) is 9.59 Å². The van der Waals surface area contributed by atoms with E-state index >= 15 is 0 Å². The summed E-state index contributed by atoms with van der Waals surface area (Å²) in [6.45, 7) is 14.4. The largest absolute Gasteiger partial charge is 0.468 e. The van der Waals surface area contributed by atoms with Gasteiger partial charge in [0.05, 0.1) is 27.5 Å². The van der Waals surface area contributed by atoms with Crippen molar-refractivity contribution in [2.45, 2.75) is 52.1 Å². The number of rotatable bonds is 6. The molecule has 0 bridgehead atoms. The molecule has 1 atom stereocenters. The van der Waals surface area contributed by atoms with Gasteiger partial charge in [-0.1, -0.05) is 19.6 Å². The van der Waals surface area contributed by atoms with Crippen LogP contribution in [0, 0.1) is 0 Å². The maximum Gasteiger partial charge on any atom is 0.407 e. The van der Waals surface area contributed by atoms with Crippen LogP contribution < -0.4 is 5.32 Å². The minimum atomic E-state index is -1.44. The van der Waals surface area contributed by atoms with Crippen molar-refractivity contribution in [1.29, 1.82) is 0 Å². The van der Waals surface area contributed by atoms with Crippen molar-refractivity contribution in [3.05, 3.63) is 0 Å². The summed E-state index contributed by atoms with van der Waals surface area (Å²) < 4.78 is 16.1. The third-order valence-corrected chi connectivity index (χ3v) is 4.24. The van der Waals surface area contributed by atoms with E-state index < -0.39 is 25.8 Å². The molecule has 0 aromatic carbocycles. The van der Waals surface area contributed by atoms with Gasteiger partial charge in [-0.25, -0.2) is 4.79 Å². The van der Waals surface area contributed by atoms with Crippen LogP contribution in [0.15, 0.2) is 0 Å². The van der Waals surface area contributed by atoms with Crippen LogP contribution in [0.3, 0.4) is 0 Å². The predicted molar refractivity (Wildman–Crippen MR) is 94.7 cm³/mol. The van der Waals surface area contributed by atoms with E-state index in [1.54, 1.807) is 0 Å². The fourth-order valence-corrected chi connectivity index (χ4v) is 2.70. The zero-order valence-electron chi connectivity index (χ0n) is 15.8. The minimum absolute atomic E-state index is 0.241. The quantitative estimate of drug-likeness (QED) is 0.573. The summed E-state index contributed by atoms with van der Waals surface area (Å²) in [7, 11) is -1.44. The van der Waals surface area contributed by atoms with Gasteiger partial charge in [0.2, 0.25) is 0 Å². The number of morpholine rings is 1. The van der Waals surface area contributed by atoms with Crippen LogP contribution in [0.4, 0.5) is 4.79 Å². The molecule has 0 unspecified atom stereocenters. The standard InChI is InChI=1S/C16H32N2O5Si/c1-16(2,3)23-15(20)17-7-8-18-9-10-21-11-13(18)14(19)22-12-24(4,5)6/h13H,7-12H2,1-6H3,(H,17,20)/t13-/m1/s1. The lowest BCUT2D eigenvalue weighted by Gasteiger charge is -2.34. The first-order chi connectivity index (χ1) is 11.0. The Bertz CT molecular complexity index is 431. The van der Waals surface area contributed by atoms with E-state index in [0.717, 1.165) is 0 Å². The molecule has 0 spiro atoms. The molecule has 7 nitrogen and oxygen atoms in total. The van der Waals surface area contributed by atoms with Gasteiger partial charge in [-0.15, -0.1) is 0 Å². The number of nitrogens with one attached hydrogen (secondary N) is 1. The average Bonchev–Trinajstić information content (AvgIpc) is 2.42. The van der Waals surface area contributed by atoms with E-state index in [4.69, 9.17) is 14.2 Å². The lowest BCUT2D eigenvalue weighted by molar-refractivity contribution is -0.154. The topological polar surface area (TPSA) is 77.1 Å². The summed E-state index contributed by atoms with van der Waals surface area (Å²) in [6, 6.07) is -0.407. The Hall–Kier alpha value is -1.12. The maximum absolute atomic E-state index is 12.3. The molecule has 1 aliphatic rings. The summed E-state index contributed by atoms with van der Waals surface area (Å²) in [6.07, 6.45) is 0.0559. The molecule has 1 amide bonds. The predicted octanol–water partition coefficient (Wildman–Crippen LogP) is 1.63. The SMILES string of the molecule is CC(C)(C)OC(=O)NCCN1CCOC[C@@H]1C(=O)OC[Si](C)(C)C. The molecule has 1 rings (SSSR count). The molecule has 1 saturated heterocycles. The summed E-state index contributed by atoms with van der Waals surface area (Å²) in [5.41, 5.74) is -0.522. The van der Waals surface area contributed by atoms with Crippen LogP contribution in [-0.4, -0.2) is 75.8 Å². The lowest BCUT2D eigenvalue weighted by atomic mass is 10.2. The lowest BCUT2D eigenvalue weighted by Crippen LogP contribution is -2.53. The first kappa shape index (κ1) is 20.9. The van der Waals surface area contributed by atoms with Crippen LogP contribution in [0.2, 0.25) is 19.6 Å². The highest BCUT2D eigenvalue weighted by atomic mass is 28.3. The molecule has 1 N–H and O–H groups in total. The van der Waals surface area contributed by atoms with Crippen LogP contribution >= 0.6 is 0 Å². The number of alkyl carbamates (subject to hydrolysis) is 1. The number of esters is 1. The molecule has 0 radical (unpaired) electrons.